The van der Waals surface area contributed by atoms with Gasteiger partial charge >= 0.3 is 0 Å². The normalized spacial score (nSPS) is 11.7. The maximum absolute atomic E-state index is 12.2. The fourth-order valence-electron chi connectivity index (χ4n) is 3.02. The maximum Gasteiger partial charge on any atom is 0.234 e. The van der Waals surface area contributed by atoms with Crippen LogP contribution in [0, 0.1) is 5.41 Å². The van der Waals surface area contributed by atoms with E-state index in [4.69, 9.17) is 0 Å². The lowest BCUT2D eigenvalue weighted by Crippen LogP contribution is -2.47. The number of nitrogens with zero attached hydrogens (tertiary/aromatic N) is 1. The van der Waals surface area contributed by atoms with Crippen molar-refractivity contribution in [2.75, 3.05) is 40.3 Å². The molecule has 6 heteroatoms. The van der Waals surface area contributed by atoms with Crippen LogP contribution in [0.15, 0.2) is 37.3 Å². The highest BCUT2D eigenvalue weighted by atomic mass is 16.2. The largest absolute Gasteiger partial charge is 0.392 e. The van der Waals surface area contributed by atoms with E-state index >= 15 is 0 Å². The summed E-state index contributed by atoms with van der Waals surface area (Å²) < 4.78 is 0. The minimum Gasteiger partial charge on any atom is -0.392 e. The summed E-state index contributed by atoms with van der Waals surface area (Å²) in [6, 6.07) is 0. The zero-order chi connectivity index (χ0) is 23.9. The molecular formula is C25H49N5O. The molecule has 180 valence electrons. The molecule has 0 rings (SSSR count). The lowest BCUT2D eigenvalue weighted by atomic mass is 9.82. The average Bonchev–Trinajstić information content (AvgIpc) is 2.70. The molecule has 0 aliphatic heterocycles. The van der Waals surface area contributed by atoms with E-state index in [1.54, 1.807) is 6.20 Å². The van der Waals surface area contributed by atoms with Gasteiger partial charge in [-0.1, -0.05) is 33.6 Å². The Hall–Kier alpha value is -1.95. The zero-order valence-electron chi connectivity index (χ0n) is 21.1. The predicted octanol–water partition coefficient (Wildman–Crippen LogP) is 3.75. The first-order chi connectivity index (χ1) is 14.4. The molecule has 4 N–H and O–H groups in total. The predicted molar refractivity (Wildman–Crippen MR) is 135 cm³/mol. The molecule has 0 atom stereocenters. The Morgan fingerprint density at radius 3 is 2.23 bits per heavy atom. The summed E-state index contributed by atoms with van der Waals surface area (Å²) in [4.78, 5) is 14.4. The summed E-state index contributed by atoms with van der Waals surface area (Å²) in [7, 11) is 3.94. The molecule has 0 radical (unpaired) electrons. The van der Waals surface area contributed by atoms with Gasteiger partial charge in [0.15, 0.2) is 0 Å². The van der Waals surface area contributed by atoms with Gasteiger partial charge in [-0.05, 0) is 71.0 Å². The van der Waals surface area contributed by atoms with Crippen LogP contribution in [0.4, 0.5) is 0 Å². The van der Waals surface area contributed by atoms with E-state index < -0.39 is 0 Å². The molecule has 1 amide bonds. The fourth-order valence-corrected chi connectivity index (χ4v) is 3.02. The number of amides is 1. The van der Waals surface area contributed by atoms with Crippen molar-refractivity contribution >= 4 is 5.91 Å². The van der Waals surface area contributed by atoms with Crippen LogP contribution in [0.2, 0.25) is 0 Å². The number of allylic oxidation sites excluding steroid dienone is 2. The van der Waals surface area contributed by atoms with E-state index in [1.165, 1.54) is 0 Å². The third-order valence-electron chi connectivity index (χ3n) is 5.92. The van der Waals surface area contributed by atoms with E-state index in [1.807, 2.05) is 14.1 Å². The van der Waals surface area contributed by atoms with Crippen molar-refractivity contribution < 1.29 is 4.79 Å². The molecular weight excluding hydrogens is 386 g/mol. The average molecular weight is 436 g/mol. The van der Waals surface area contributed by atoms with Crippen molar-refractivity contribution in [3.05, 3.63) is 37.3 Å². The number of carbonyl (C=O) groups excluding carboxylic acids is 1. The van der Waals surface area contributed by atoms with Crippen molar-refractivity contribution in [3.63, 3.8) is 0 Å². The standard InChI is InChI=1S/C25H49N5O/c1-10-27-17-12-18-28-23(31)19-30(9)25(6,7)16-15-24(4,5)20-29-22(3)14-11-13-21(2)26-8/h10,26-27,29H,1-3,11-20H2,4-9H3,(H,28,31). The van der Waals surface area contributed by atoms with Gasteiger partial charge in [-0.2, -0.15) is 0 Å². The number of carbonyl (C=O) groups is 1. The summed E-state index contributed by atoms with van der Waals surface area (Å²) in [5, 5.41) is 12.6. The van der Waals surface area contributed by atoms with E-state index in [0.29, 0.717) is 13.1 Å². The van der Waals surface area contributed by atoms with Crippen LogP contribution in [0.1, 0.15) is 66.2 Å². The molecule has 0 aromatic rings. The number of nitrogens with one attached hydrogen (secondary N) is 4. The first kappa shape index (κ1) is 29.1. The highest BCUT2D eigenvalue weighted by molar-refractivity contribution is 5.78. The quantitative estimate of drug-likeness (QED) is 0.233. The van der Waals surface area contributed by atoms with Crippen LogP contribution >= 0.6 is 0 Å². The van der Waals surface area contributed by atoms with Crippen LogP contribution in [0.3, 0.4) is 0 Å². The Bertz CT molecular complexity index is 568. The third kappa shape index (κ3) is 14.6. The molecule has 0 fully saturated rings. The van der Waals surface area contributed by atoms with E-state index in [2.05, 4.69) is 73.6 Å². The molecule has 0 aromatic heterocycles. The minimum atomic E-state index is -0.0521. The van der Waals surface area contributed by atoms with Gasteiger partial charge in [0, 0.05) is 43.6 Å². The van der Waals surface area contributed by atoms with Crippen molar-refractivity contribution in [3.8, 4) is 0 Å². The zero-order valence-corrected chi connectivity index (χ0v) is 21.1. The molecule has 0 aliphatic carbocycles. The molecule has 0 aliphatic rings. The SMILES string of the molecule is C=CNCCCNC(=O)CN(C)C(C)(C)CCC(C)(C)CNC(=C)CCCC(=C)NC. The Labute approximate surface area is 192 Å². The van der Waals surface area contributed by atoms with Crippen LogP contribution in [-0.2, 0) is 4.79 Å². The number of hydrogen-bond donors (Lipinski definition) is 4. The second kappa shape index (κ2) is 15.0. The fraction of sp³-hybridized carbons (Fsp3) is 0.720. The number of hydrogen-bond acceptors (Lipinski definition) is 5. The van der Waals surface area contributed by atoms with E-state index in [0.717, 1.165) is 63.0 Å². The van der Waals surface area contributed by atoms with Crippen LogP contribution in [0.5, 0.6) is 0 Å². The van der Waals surface area contributed by atoms with Gasteiger partial charge < -0.3 is 21.3 Å². The van der Waals surface area contributed by atoms with Crippen molar-refractivity contribution in [2.45, 2.75) is 71.8 Å². The van der Waals surface area contributed by atoms with Crippen molar-refractivity contribution in [1.82, 2.24) is 26.2 Å². The third-order valence-corrected chi connectivity index (χ3v) is 5.92. The van der Waals surface area contributed by atoms with Gasteiger partial charge in [0.2, 0.25) is 5.91 Å². The van der Waals surface area contributed by atoms with Crippen LogP contribution < -0.4 is 21.3 Å². The summed E-state index contributed by atoms with van der Waals surface area (Å²) in [6.45, 7) is 23.6. The van der Waals surface area contributed by atoms with Gasteiger partial charge in [0.05, 0.1) is 6.54 Å². The van der Waals surface area contributed by atoms with Crippen molar-refractivity contribution in [2.24, 2.45) is 5.41 Å². The molecule has 0 aromatic carbocycles. The maximum atomic E-state index is 12.2. The summed E-state index contributed by atoms with van der Waals surface area (Å²) in [5.74, 6) is 0.0763. The molecule has 0 saturated heterocycles. The van der Waals surface area contributed by atoms with E-state index in [9.17, 15) is 4.79 Å². The van der Waals surface area contributed by atoms with Gasteiger partial charge in [-0.25, -0.2) is 0 Å². The van der Waals surface area contributed by atoms with Crippen molar-refractivity contribution in [1.29, 1.82) is 0 Å². The highest BCUT2D eigenvalue weighted by Gasteiger charge is 2.28. The Balaban J connectivity index is 4.28. The van der Waals surface area contributed by atoms with E-state index in [-0.39, 0.29) is 16.9 Å². The Kier molecular flexibility index (Phi) is 14.0. The second-order valence-electron chi connectivity index (χ2n) is 9.86. The minimum absolute atomic E-state index is 0.0521. The highest BCUT2D eigenvalue weighted by Crippen LogP contribution is 2.28. The lowest BCUT2D eigenvalue weighted by Gasteiger charge is -2.38. The van der Waals surface area contributed by atoms with Gasteiger partial charge in [-0.15, -0.1) is 0 Å². The van der Waals surface area contributed by atoms with Crippen LogP contribution in [-0.4, -0.2) is 56.6 Å². The number of rotatable bonds is 19. The molecule has 6 nitrogen and oxygen atoms in total. The molecule has 0 spiro atoms. The monoisotopic (exact) mass is 435 g/mol. The molecule has 31 heavy (non-hydrogen) atoms. The Morgan fingerprint density at radius 1 is 0.968 bits per heavy atom. The lowest BCUT2D eigenvalue weighted by molar-refractivity contribution is -0.123. The topological polar surface area (TPSA) is 68.4 Å². The first-order valence-corrected chi connectivity index (χ1v) is 11.5. The first-order valence-electron chi connectivity index (χ1n) is 11.5. The number of likely N-dealkylation sites (N-methyl/N-ethyl adjacent to an activating group) is 1. The van der Waals surface area contributed by atoms with Gasteiger partial charge in [0.1, 0.15) is 0 Å². The second-order valence-corrected chi connectivity index (χ2v) is 9.86. The van der Waals surface area contributed by atoms with Crippen LogP contribution in [0.25, 0.3) is 0 Å². The van der Waals surface area contributed by atoms with Gasteiger partial charge in [-0.3, -0.25) is 9.69 Å². The molecule has 0 saturated carbocycles. The summed E-state index contributed by atoms with van der Waals surface area (Å²) >= 11 is 0. The smallest absolute Gasteiger partial charge is 0.234 e. The molecule has 0 unspecified atom stereocenters. The molecule has 0 heterocycles. The summed E-state index contributed by atoms with van der Waals surface area (Å²) in [6.07, 6.45) is 7.63. The summed E-state index contributed by atoms with van der Waals surface area (Å²) in [5.41, 5.74) is 2.26. The molecule has 0 bridgehead atoms. The van der Waals surface area contributed by atoms with Gasteiger partial charge in [0.25, 0.3) is 0 Å². The Morgan fingerprint density at radius 2 is 1.61 bits per heavy atom.